The number of benzene rings is 1. The fourth-order valence-electron chi connectivity index (χ4n) is 2.23. The second-order valence-corrected chi connectivity index (χ2v) is 5.87. The predicted octanol–water partition coefficient (Wildman–Crippen LogP) is 1.27. The van der Waals surface area contributed by atoms with Crippen molar-refractivity contribution in [1.82, 2.24) is 5.32 Å². The highest BCUT2D eigenvalue weighted by molar-refractivity contribution is 5.87. The molecule has 3 N–H and O–H groups in total. The van der Waals surface area contributed by atoms with Gasteiger partial charge in [-0.25, -0.2) is 4.79 Å². The van der Waals surface area contributed by atoms with Gasteiger partial charge in [-0.3, -0.25) is 4.79 Å². The van der Waals surface area contributed by atoms with E-state index in [1.165, 1.54) is 7.11 Å². The molecule has 0 aliphatic heterocycles. The molecule has 23 heavy (non-hydrogen) atoms. The second kappa shape index (κ2) is 9.15. The van der Waals surface area contributed by atoms with Crippen molar-refractivity contribution in [1.29, 1.82) is 0 Å². The molecule has 1 amide bonds. The maximum atomic E-state index is 12.1. The third-order valence-electron chi connectivity index (χ3n) is 3.46. The minimum Gasteiger partial charge on any atom is -0.497 e. The Hall–Kier alpha value is -2.08. The molecular formula is C17H26N2O4. The largest absolute Gasteiger partial charge is 0.497 e. The Morgan fingerprint density at radius 3 is 2.26 bits per heavy atom. The fourth-order valence-corrected chi connectivity index (χ4v) is 2.23. The van der Waals surface area contributed by atoms with Crippen LogP contribution in [0.4, 0.5) is 0 Å². The van der Waals surface area contributed by atoms with Gasteiger partial charge in [0.25, 0.3) is 0 Å². The van der Waals surface area contributed by atoms with Crippen molar-refractivity contribution in [2.45, 2.75) is 38.8 Å². The molecule has 0 aliphatic carbocycles. The standard InChI is InChI=1S/C17H26N2O4/c1-11(2)9-14(18)16(20)19-15(17(21)23-4)10-12-5-7-13(22-3)8-6-12/h5-8,11,14-15H,9-10,18H2,1-4H3,(H,19,20)/t14-,15-/m0/s1. The van der Waals surface area contributed by atoms with Gasteiger partial charge >= 0.3 is 5.97 Å². The molecule has 0 aromatic heterocycles. The van der Waals surface area contributed by atoms with Crippen molar-refractivity contribution >= 4 is 11.9 Å². The summed E-state index contributed by atoms with van der Waals surface area (Å²) in [4.78, 5) is 24.1. The Kier molecular flexibility index (Phi) is 7.54. The minimum atomic E-state index is -0.765. The number of nitrogens with one attached hydrogen (secondary N) is 1. The van der Waals surface area contributed by atoms with E-state index in [4.69, 9.17) is 15.2 Å². The van der Waals surface area contributed by atoms with Gasteiger partial charge in [-0.15, -0.1) is 0 Å². The lowest BCUT2D eigenvalue weighted by Crippen LogP contribution is -2.50. The molecule has 1 aromatic carbocycles. The SMILES string of the molecule is COC(=O)[C@H](Cc1ccc(OC)cc1)NC(=O)[C@@H](N)CC(C)C. The summed E-state index contributed by atoms with van der Waals surface area (Å²) in [5.74, 6) is 0.189. The molecule has 0 bridgehead atoms. The zero-order valence-corrected chi connectivity index (χ0v) is 14.2. The van der Waals surface area contributed by atoms with E-state index in [1.807, 2.05) is 26.0 Å². The highest BCUT2D eigenvalue weighted by Gasteiger charge is 2.25. The summed E-state index contributed by atoms with van der Waals surface area (Å²) in [6.07, 6.45) is 0.888. The first-order valence-electron chi connectivity index (χ1n) is 7.64. The first-order chi connectivity index (χ1) is 10.9. The summed E-state index contributed by atoms with van der Waals surface area (Å²) < 4.78 is 9.87. The summed E-state index contributed by atoms with van der Waals surface area (Å²) in [5, 5.41) is 2.68. The van der Waals surface area contributed by atoms with Gasteiger partial charge in [0, 0.05) is 6.42 Å². The summed E-state index contributed by atoms with van der Waals surface area (Å²) in [5.41, 5.74) is 6.75. The number of carbonyl (C=O) groups is 2. The zero-order valence-electron chi connectivity index (χ0n) is 14.2. The lowest BCUT2D eigenvalue weighted by atomic mass is 10.0. The predicted molar refractivity (Wildman–Crippen MR) is 88.1 cm³/mol. The third kappa shape index (κ3) is 6.28. The monoisotopic (exact) mass is 322 g/mol. The molecule has 1 rings (SSSR count). The van der Waals surface area contributed by atoms with E-state index in [0.717, 1.165) is 11.3 Å². The van der Waals surface area contributed by atoms with Crippen molar-refractivity contribution < 1.29 is 19.1 Å². The number of rotatable bonds is 8. The number of methoxy groups -OCH3 is 2. The van der Waals surface area contributed by atoms with Gasteiger partial charge in [-0.2, -0.15) is 0 Å². The number of carbonyl (C=O) groups excluding carboxylic acids is 2. The van der Waals surface area contributed by atoms with E-state index in [1.54, 1.807) is 19.2 Å². The van der Waals surface area contributed by atoms with Crippen LogP contribution in [0, 0.1) is 5.92 Å². The quantitative estimate of drug-likeness (QED) is 0.703. The summed E-state index contributed by atoms with van der Waals surface area (Å²) >= 11 is 0. The number of hydrogen-bond donors (Lipinski definition) is 2. The highest BCUT2D eigenvalue weighted by atomic mass is 16.5. The lowest BCUT2D eigenvalue weighted by molar-refractivity contribution is -0.145. The van der Waals surface area contributed by atoms with Crippen molar-refractivity contribution in [3.05, 3.63) is 29.8 Å². The summed E-state index contributed by atoms with van der Waals surface area (Å²) in [6, 6.07) is 5.88. The molecule has 0 unspecified atom stereocenters. The highest BCUT2D eigenvalue weighted by Crippen LogP contribution is 2.13. The Labute approximate surface area is 137 Å². The number of amides is 1. The zero-order chi connectivity index (χ0) is 17.4. The minimum absolute atomic E-state index is 0.300. The molecule has 128 valence electrons. The van der Waals surface area contributed by atoms with Gasteiger partial charge in [-0.05, 0) is 30.0 Å². The number of nitrogens with two attached hydrogens (primary N) is 1. The number of esters is 1. The first-order valence-corrected chi connectivity index (χ1v) is 7.64. The smallest absolute Gasteiger partial charge is 0.328 e. The Balaban J connectivity index is 2.75. The van der Waals surface area contributed by atoms with Gasteiger partial charge in [0.15, 0.2) is 0 Å². The summed E-state index contributed by atoms with van der Waals surface area (Å²) in [6.45, 7) is 3.98. The molecule has 0 radical (unpaired) electrons. The molecule has 1 aromatic rings. The maximum absolute atomic E-state index is 12.1. The van der Waals surface area contributed by atoms with Crippen LogP contribution < -0.4 is 15.8 Å². The third-order valence-corrected chi connectivity index (χ3v) is 3.46. The molecule has 0 fully saturated rings. The lowest BCUT2D eigenvalue weighted by Gasteiger charge is -2.20. The molecule has 6 heteroatoms. The van der Waals surface area contributed by atoms with E-state index >= 15 is 0 Å². The van der Waals surface area contributed by atoms with Gasteiger partial charge < -0.3 is 20.5 Å². The normalized spacial score (nSPS) is 13.3. The van der Waals surface area contributed by atoms with E-state index in [0.29, 0.717) is 18.8 Å². The van der Waals surface area contributed by atoms with Crippen molar-refractivity contribution in [3.8, 4) is 5.75 Å². The van der Waals surface area contributed by atoms with Crippen LogP contribution in [0.15, 0.2) is 24.3 Å². The van der Waals surface area contributed by atoms with Crippen molar-refractivity contribution in [3.63, 3.8) is 0 Å². The Morgan fingerprint density at radius 2 is 1.78 bits per heavy atom. The molecule has 2 atom stereocenters. The van der Waals surface area contributed by atoms with Gasteiger partial charge in [0.1, 0.15) is 11.8 Å². The average molecular weight is 322 g/mol. The van der Waals surface area contributed by atoms with Crippen molar-refractivity contribution in [2.24, 2.45) is 11.7 Å². The van der Waals surface area contributed by atoms with Gasteiger partial charge in [-0.1, -0.05) is 26.0 Å². The fraction of sp³-hybridized carbons (Fsp3) is 0.529. The Bertz CT molecular complexity index is 514. The molecule has 6 nitrogen and oxygen atoms in total. The molecule has 0 saturated heterocycles. The van der Waals surface area contributed by atoms with E-state index in [2.05, 4.69) is 5.32 Å². The van der Waals surface area contributed by atoms with Crippen molar-refractivity contribution in [2.75, 3.05) is 14.2 Å². The second-order valence-electron chi connectivity index (χ2n) is 5.87. The summed E-state index contributed by atoms with van der Waals surface area (Å²) in [7, 11) is 2.88. The number of hydrogen-bond acceptors (Lipinski definition) is 5. The average Bonchev–Trinajstić information content (AvgIpc) is 2.53. The molecule has 0 spiro atoms. The van der Waals surface area contributed by atoms with Crippen LogP contribution in [0.2, 0.25) is 0 Å². The van der Waals surface area contributed by atoms with E-state index in [-0.39, 0.29) is 5.91 Å². The maximum Gasteiger partial charge on any atom is 0.328 e. The van der Waals surface area contributed by atoms with E-state index < -0.39 is 18.1 Å². The molecular weight excluding hydrogens is 296 g/mol. The van der Waals surface area contributed by atoms with Gasteiger partial charge in [0.05, 0.1) is 20.3 Å². The molecule has 0 saturated carbocycles. The van der Waals surface area contributed by atoms with Crippen LogP contribution >= 0.6 is 0 Å². The number of ether oxygens (including phenoxy) is 2. The first kappa shape index (κ1) is 19.0. The van der Waals surface area contributed by atoms with Crippen LogP contribution in [0.5, 0.6) is 5.75 Å². The van der Waals surface area contributed by atoms with E-state index in [9.17, 15) is 9.59 Å². The van der Waals surface area contributed by atoms with Crippen LogP contribution in [-0.2, 0) is 20.7 Å². The van der Waals surface area contributed by atoms with Gasteiger partial charge in [0.2, 0.25) is 5.91 Å². The van der Waals surface area contributed by atoms with Crippen LogP contribution in [0.3, 0.4) is 0 Å². The molecule has 0 aliphatic rings. The van der Waals surface area contributed by atoms with Crippen LogP contribution in [0.25, 0.3) is 0 Å². The van der Waals surface area contributed by atoms with Crippen LogP contribution in [-0.4, -0.2) is 38.2 Å². The van der Waals surface area contributed by atoms with Crippen LogP contribution in [0.1, 0.15) is 25.8 Å². The topological polar surface area (TPSA) is 90.6 Å². The Morgan fingerprint density at radius 1 is 1.17 bits per heavy atom. The molecule has 0 heterocycles.